The lowest BCUT2D eigenvalue weighted by molar-refractivity contribution is -0.275. The number of hydrogen-bond donors (Lipinski definition) is 1. The molecule has 1 aliphatic heterocycles. The third-order valence-electron chi connectivity index (χ3n) is 2.38. The fourth-order valence-electron chi connectivity index (χ4n) is 1.66. The topological polar surface area (TPSA) is 30.5 Å². The van der Waals surface area contributed by atoms with Gasteiger partial charge < -0.3 is 14.8 Å². The third kappa shape index (κ3) is 3.52. The molecule has 1 aromatic rings. The van der Waals surface area contributed by atoms with E-state index in [0.29, 0.717) is 6.54 Å². The van der Waals surface area contributed by atoms with Crippen LogP contribution >= 0.6 is 0 Å². The van der Waals surface area contributed by atoms with Gasteiger partial charge >= 0.3 is 6.36 Å². The van der Waals surface area contributed by atoms with Crippen LogP contribution in [0.15, 0.2) is 24.3 Å². The van der Waals surface area contributed by atoms with Crippen LogP contribution in [-0.2, 0) is 0 Å². The van der Waals surface area contributed by atoms with Crippen molar-refractivity contribution < 1.29 is 22.6 Å². The van der Waals surface area contributed by atoms with Gasteiger partial charge in [-0.2, -0.15) is 0 Å². The Hall–Kier alpha value is -1.43. The normalized spacial score (nSPS) is 20.3. The average Bonchev–Trinajstić information content (AvgIpc) is 2.71. The Morgan fingerprint density at radius 1 is 1.18 bits per heavy atom. The van der Waals surface area contributed by atoms with E-state index in [4.69, 9.17) is 4.74 Å². The summed E-state index contributed by atoms with van der Waals surface area (Å²) in [7, 11) is 0. The first-order chi connectivity index (χ1) is 8.04. The van der Waals surface area contributed by atoms with Crippen molar-refractivity contribution in [2.45, 2.75) is 18.9 Å². The van der Waals surface area contributed by atoms with Gasteiger partial charge in [-0.3, -0.25) is 0 Å². The number of halogens is 3. The van der Waals surface area contributed by atoms with E-state index in [1.807, 2.05) is 0 Å². The molecule has 0 radical (unpaired) electrons. The molecule has 1 aromatic carbocycles. The van der Waals surface area contributed by atoms with Crippen LogP contribution in [0.3, 0.4) is 0 Å². The summed E-state index contributed by atoms with van der Waals surface area (Å²) in [4.78, 5) is 0. The molecule has 1 saturated heterocycles. The largest absolute Gasteiger partial charge is 0.573 e. The Morgan fingerprint density at radius 3 is 2.47 bits per heavy atom. The maximum Gasteiger partial charge on any atom is 0.573 e. The lowest BCUT2D eigenvalue weighted by atomic mass is 10.3. The summed E-state index contributed by atoms with van der Waals surface area (Å²) in [6.07, 6.45) is -4.03. The van der Waals surface area contributed by atoms with Crippen molar-refractivity contribution in [1.82, 2.24) is 5.32 Å². The molecule has 0 unspecified atom stereocenters. The molecule has 1 aliphatic rings. The molecule has 1 fully saturated rings. The van der Waals surface area contributed by atoms with Gasteiger partial charge in [0.05, 0.1) is 0 Å². The van der Waals surface area contributed by atoms with E-state index in [0.717, 1.165) is 13.0 Å². The molecule has 1 atom stereocenters. The molecular formula is C11H12F3NO2. The maximum atomic E-state index is 12.1. The van der Waals surface area contributed by atoms with Crippen LogP contribution < -0.4 is 14.8 Å². The quantitative estimate of drug-likeness (QED) is 0.889. The molecule has 0 spiro atoms. The Labute approximate surface area is 96.5 Å². The maximum absolute atomic E-state index is 12.1. The molecule has 0 aromatic heterocycles. The molecule has 0 bridgehead atoms. The molecule has 0 saturated carbocycles. The first-order valence-corrected chi connectivity index (χ1v) is 5.27. The third-order valence-corrected chi connectivity index (χ3v) is 2.38. The molecule has 0 amide bonds. The second-order valence-electron chi connectivity index (χ2n) is 3.73. The van der Waals surface area contributed by atoms with E-state index in [2.05, 4.69) is 10.1 Å². The van der Waals surface area contributed by atoms with Crippen molar-refractivity contribution in [3.05, 3.63) is 24.3 Å². The number of para-hydroxylation sites is 2. The van der Waals surface area contributed by atoms with Gasteiger partial charge in [-0.05, 0) is 25.1 Å². The molecule has 1 N–H and O–H groups in total. The minimum atomic E-state index is -4.70. The van der Waals surface area contributed by atoms with Gasteiger partial charge in [0.15, 0.2) is 11.5 Å². The highest BCUT2D eigenvalue weighted by molar-refractivity contribution is 5.39. The van der Waals surface area contributed by atoms with E-state index >= 15 is 0 Å². The van der Waals surface area contributed by atoms with Crippen molar-refractivity contribution in [3.63, 3.8) is 0 Å². The van der Waals surface area contributed by atoms with Crippen molar-refractivity contribution >= 4 is 0 Å². The van der Waals surface area contributed by atoms with E-state index < -0.39 is 6.36 Å². The Morgan fingerprint density at radius 2 is 1.88 bits per heavy atom. The fraction of sp³-hybridized carbons (Fsp3) is 0.455. The van der Waals surface area contributed by atoms with Gasteiger partial charge in [-0.1, -0.05) is 12.1 Å². The predicted octanol–water partition coefficient (Wildman–Crippen LogP) is 2.33. The van der Waals surface area contributed by atoms with Crippen LogP contribution in [0.2, 0.25) is 0 Å². The highest BCUT2D eigenvalue weighted by atomic mass is 19.4. The number of benzene rings is 1. The van der Waals surface area contributed by atoms with Crippen molar-refractivity contribution in [3.8, 4) is 11.5 Å². The van der Waals surface area contributed by atoms with Crippen LogP contribution in [-0.4, -0.2) is 25.6 Å². The smallest absolute Gasteiger partial charge is 0.485 e. The van der Waals surface area contributed by atoms with Gasteiger partial charge in [-0.25, -0.2) is 0 Å². The molecule has 17 heavy (non-hydrogen) atoms. The van der Waals surface area contributed by atoms with E-state index in [-0.39, 0.29) is 17.6 Å². The molecule has 0 aliphatic carbocycles. The molecule has 94 valence electrons. The van der Waals surface area contributed by atoms with Crippen molar-refractivity contribution in [2.24, 2.45) is 0 Å². The Kier molecular flexibility index (Phi) is 3.42. The number of rotatable bonds is 3. The minimum Gasteiger partial charge on any atom is -0.485 e. The van der Waals surface area contributed by atoms with Gasteiger partial charge in [0.1, 0.15) is 6.10 Å². The number of hydrogen-bond acceptors (Lipinski definition) is 3. The zero-order chi connectivity index (χ0) is 12.3. The number of alkyl halides is 3. The molecule has 6 heteroatoms. The monoisotopic (exact) mass is 247 g/mol. The van der Waals surface area contributed by atoms with Gasteiger partial charge in [0.2, 0.25) is 0 Å². The molecule has 3 nitrogen and oxygen atoms in total. The SMILES string of the molecule is FC(F)(F)Oc1ccccc1O[C@@H]1CCNC1. The van der Waals surface area contributed by atoms with Crippen LogP contribution in [0.4, 0.5) is 13.2 Å². The summed E-state index contributed by atoms with van der Waals surface area (Å²) < 4.78 is 45.8. The summed E-state index contributed by atoms with van der Waals surface area (Å²) in [6, 6.07) is 5.80. The number of ether oxygens (including phenoxy) is 2. The standard InChI is InChI=1S/C11H12F3NO2/c12-11(13,14)17-10-4-2-1-3-9(10)16-8-5-6-15-7-8/h1-4,8,15H,5-7H2/t8-/m1/s1. The first-order valence-electron chi connectivity index (χ1n) is 5.27. The highest BCUT2D eigenvalue weighted by Gasteiger charge is 2.32. The van der Waals surface area contributed by atoms with Crippen molar-refractivity contribution in [2.75, 3.05) is 13.1 Å². The second-order valence-corrected chi connectivity index (χ2v) is 3.73. The Bertz CT molecular complexity index is 375. The van der Waals surface area contributed by atoms with Gasteiger partial charge in [0.25, 0.3) is 0 Å². The van der Waals surface area contributed by atoms with E-state index in [1.165, 1.54) is 18.2 Å². The summed E-state index contributed by atoms with van der Waals surface area (Å²) >= 11 is 0. The van der Waals surface area contributed by atoms with Gasteiger partial charge in [0, 0.05) is 6.54 Å². The van der Waals surface area contributed by atoms with Crippen molar-refractivity contribution in [1.29, 1.82) is 0 Å². The summed E-state index contributed by atoms with van der Waals surface area (Å²) in [6.45, 7) is 1.45. The van der Waals surface area contributed by atoms with Crippen LogP contribution in [0.5, 0.6) is 11.5 Å². The zero-order valence-corrected chi connectivity index (χ0v) is 8.96. The average molecular weight is 247 g/mol. The van der Waals surface area contributed by atoms with Gasteiger partial charge in [-0.15, -0.1) is 13.2 Å². The van der Waals surface area contributed by atoms with Crippen LogP contribution in [0.25, 0.3) is 0 Å². The highest BCUT2D eigenvalue weighted by Crippen LogP contribution is 2.32. The lowest BCUT2D eigenvalue weighted by Gasteiger charge is -2.17. The summed E-state index contributed by atoms with van der Waals surface area (Å²) in [5.41, 5.74) is 0. The Balaban J connectivity index is 2.09. The van der Waals surface area contributed by atoms with E-state index in [9.17, 15) is 13.2 Å². The van der Waals surface area contributed by atoms with Crippen LogP contribution in [0.1, 0.15) is 6.42 Å². The van der Waals surface area contributed by atoms with E-state index in [1.54, 1.807) is 6.07 Å². The first kappa shape index (κ1) is 12.0. The zero-order valence-electron chi connectivity index (χ0n) is 8.96. The summed E-state index contributed by atoms with van der Waals surface area (Å²) in [5, 5.41) is 3.07. The summed E-state index contributed by atoms with van der Waals surface area (Å²) in [5.74, 6) is -0.176. The van der Waals surface area contributed by atoms with Crippen LogP contribution in [0, 0.1) is 0 Å². The second kappa shape index (κ2) is 4.83. The fourth-order valence-corrected chi connectivity index (χ4v) is 1.66. The molecular weight excluding hydrogens is 235 g/mol. The molecule has 1 heterocycles. The molecule has 2 rings (SSSR count). The lowest BCUT2D eigenvalue weighted by Crippen LogP contribution is -2.21. The predicted molar refractivity (Wildman–Crippen MR) is 55.0 cm³/mol. The minimum absolute atomic E-state index is 0.104. The number of nitrogens with one attached hydrogen (secondary N) is 1.